The smallest absolute Gasteiger partial charge is 0.339 e. The highest BCUT2D eigenvalue weighted by Crippen LogP contribution is 2.42. The minimum Gasteiger partial charge on any atom is -0.507 e. The second kappa shape index (κ2) is 13.6. The Morgan fingerprint density at radius 3 is 1.93 bits per heavy atom. The van der Waals surface area contributed by atoms with Crippen molar-refractivity contribution in [1.82, 2.24) is 0 Å². The second-order valence-electron chi connectivity index (χ2n) is 8.73. The highest BCUT2D eigenvalue weighted by atomic mass is 35.5. The van der Waals surface area contributed by atoms with E-state index in [9.17, 15) is 34.5 Å². The molecule has 0 aliphatic carbocycles. The number of rotatable bonds is 9. The molecule has 0 saturated carbocycles. The molecule has 1 unspecified atom stereocenters. The molecule has 0 fully saturated rings. The number of anilines is 2. The van der Waals surface area contributed by atoms with Crippen LogP contribution in [-0.4, -0.2) is 39.1 Å². The first kappa shape index (κ1) is 32.0. The van der Waals surface area contributed by atoms with Crippen molar-refractivity contribution >= 4 is 93.3 Å². The zero-order chi connectivity index (χ0) is 31.4. The van der Waals surface area contributed by atoms with Crippen LogP contribution >= 0.6 is 58.2 Å². The maximum absolute atomic E-state index is 13.4. The fourth-order valence-corrected chi connectivity index (χ4v) is 6.02. The van der Waals surface area contributed by atoms with E-state index in [0.29, 0.717) is 10.5 Å². The van der Waals surface area contributed by atoms with Crippen molar-refractivity contribution in [2.24, 2.45) is 0 Å². The zero-order valence-electron chi connectivity index (χ0n) is 21.4. The Kier molecular flexibility index (Phi) is 10.1. The number of hydrogen-bond acceptors (Lipinski definition) is 6. The van der Waals surface area contributed by atoms with Gasteiger partial charge in [0.2, 0.25) is 5.91 Å². The lowest BCUT2D eigenvalue weighted by Gasteiger charge is -2.18. The number of carbonyl (C=O) groups excluding carboxylic acids is 2. The predicted molar refractivity (Wildman–Crippen MR) is 167 cm³/mol. The standard InChI is InChI=1S/C29H18Cl4N2O7S/c30-21-19(20(29(41)42)22(31)24(33)23(21)32)26(37)34-14-7-4-8-16(11-14)43-25(13-5-2-1-3-6-13)27(38)35-15-9-10-18(36)17(12-15)28(39)40/h1-12,25,36H,(H,34,37)(H,35,38)(H,39,40)(H,41,42). The fraction of sp³-hybridized carbons (Fsp3) is 0.0345. The number of carbonyl (C=O) groups is 4. The fourth-order valence-electron chi connectivity index (χ4n) is 3.92. The lowest BCUT2D eigenvalue weighted by Crippen LogP contribution is -2.19. The summed E-state index contributed by atoms with van der Waals surface area (Å²) in [6.07, 6.45) is 0. The SMILES string of the molecule is O=C(O)c1cc(NC(=O)C(Sc2cccc(NC(=O)c3c(Cl)c(Cl)c(Cl)c(Cl)c3C(=O)O)c2)c2ccccc2)ccc1O. The molecule has 9 nitrogen and oxygen atoms in total. The first-order valence-electron chi connectivity index (χ1n) is 12.0. The molecule has 1 atom stereocenters. The van der Waals surface area contributed by atoms with Crippen molar-refractivity contribution in [3.63, 3.8) is 0 Å². The maximum atomic E-state index is 13.4. The van der Waals surface area contributed by atoms with E-state index in [0.717, 1.165) is 17.8 Å². The summed E-state index contributed by atoms with van der Waals surface area (Å²) in [5.74, 6) is -4.75. The number of hydrogen-bond donors (Lipinski definition) is 5. The topological polar surface area (TPSA) is 153 Å². The van der Waals surface area contributed by atoms with Crippen LogP contribution in [0.3, 0.4) is 0 Å². The monoisotopic (exact) mass is 678 g/mol. The number of carboxylic acid groups (broad SMARTS) is 2. The van der Waals surface area contributed by atoms with Gasteiger partial charge in [-0.15, -0.1) is 11.8 Å². The van der Waals surface area contributed by atoms with Crippen molar-refractivity contribution in [2.45, 2.75) is 10.1 Å². The van der Waals surface area contributed by atoms with Crippen molar-refractivity contribution in [3.8, 4) is 5.75 Å². The number of amides is 2. The van der Waals surface area contributed by atoms with Gasteiger partial charge >= 0.3 is 11.9 Å². The summed E-state index contributed by atoms with van der Waals surface area (Å²) in [5, 5.41) is 31.7. The summed E-state index contributed by atoms with van der Waals surface area (Å²) in [4.78, 5) is 50.5. The van der Waals surface area contributed by atoms with Crippen molar-refractivity contribution in [3.05, 3.63) is 115 Å². The summed E-state index contributed by atoms with van der Waals surface area (Å²) in [7, 11) is 0. The predicted octanol–water partition coefficient (Wildman–Crippen LogP) is 8.13. The molecule has 220 valence electrons. The van der Waals surface area contributed by atoms with Crippen LogP contribution in [0, 0.1) is 0 Å². The molecule has 4 rings (SSSR count). The molecule has 0 aliphatic heterocycles. The molecule has 0 radical (unpaired) electrons. The summed E-state index contributed by atoms with van der Waals surface area (Å²) in [6, 6.07) is 18.8. The Labute approximate surface area is 268 Å². The molecule has 4 aromatic rings. The third-order valence-electron chi connectivity index (χ3n) is 5.89. The molecule has 0 aromatic heterocycles. The maximum Gasteiger partial charge on any atom is 0.339 e. The van der Waals surface area contributed by atoms with Crippen LogP contribution in [-0.2, 0) is 4.79 Å². The molecule has 0 bridgehead atoms. The van der Waals surface area contributed by atoms with Gasteiger partial charge in [-0.25, -0.2) is 9.59 Å². The van der Waals surface area contributed by atoms with Crippen LogP contribution in [0.5, 0.6) is 5.75 Å². The van der Waals surface area contributed by atoms with Gasteiger partial charge in [0.05, 0.1) is 31.2 Å². The van der Waals surface area contributed by atoms with Gasteiger partial charge in [0.1, 0.15) is 16.6 Å². The van der Waals surface area contributed by atoms with Crippen LogP contribution in [0.4, 0.5) is 11.4 Å². The van der Waals surface area contributed by atoms with Crippen molar-refractivity contribution < 1.29 is 34.5 Å². The van der Waals surface area contributed by atoms with E-state index in [1.54, 1.807) is 48.5 Å². The molecule has 43 heavy (non-hydrogen) atoms. The minimum absolute atomic E-state index is 0.161. The highest BCUT2D eigenvalue weighted by molar-refractivity contribution is 8.00. The van der Waals surface area contributed by atoms with Crippen LogP contribution in [0.1, 0.15) is 41.9 Å². The highest BCUT2D eigenvalue weighted by Gasteiger charge is 2.29. The zero-order valence-corrected chi connectivity index (χ0v) is 25.2. The Morgan fingerprint density at radius 1 is 0.674 bits per heavy atom. The number of aromatic hydroxyl groups is 1. The van der Waals surface area contributed by atoms with Gasteiger partial charge in [-0.05, 0) is 42.0 Å². The van der Waals surface area contributed by atoms with E-state index in [-0.39, 0.29) is 27.0 Å². The molecule has 0 saturated heterocycles. The Balaban J connectivity index is 1.63. The van der Waals surface area contributed by atoms with Gasteiger partial charge in [0.15, 0.2) is 0 Å². The number of phenols is 1. The first-order valence-corrected chi connectivity index (χ1v) is 14.4. The molecular weight excluding hydrogens is 662 g/mol. The molecule has 0 heterocycles. The van der Waals surface area contributed by atoms with Crippen LogP contribution in [0.2, 0.25) is 20.1 Å². The molecule has 5 N–H and O–H groups in total. The molecular formula is C29H18Cl4N2O7S. The molecule has 14 heteroatoms. The van der Waals surface area contributed by atoms with Crippen LogP contribution in [0.25, 0.3) is 0 Å². The van der Waals surface area contributed by atoms with E-state index in [1.807, 2.05) is 0 Å². The third-order valence-corrected chi connectivity index (χ3v) is 8.94. The van der Waals surface area contributed by atoms with Gasteiger partial charge in [0.25, 0.3) is 5.91 Å². The number of carboxylic acids is 2. The van der Waals surface area contributed by atoms with Gasteiger partial charge in [-0.2, -0.15) is 0 Å². The quantitative estimate of drug-likeness (QED) is 0.0514. The summed E-state index contributed by atoms with van der Waals surface area (Å²) in [6.45, 7) is 0. The summed E-state index contributed by atoms with van der Waals surface area (Å²) in [5.41, 5.74) is -0.455. The van der Waals surface area contributed by atoms with E-state index in [1.165, 1.54) is 18.2 Å². The van der Waals surface area contributed by atoms with Gasteiger partial charge in [-0.3, -0.25) is 9.59 Å². The molecule has 4 aromatic carbocycles. The molecule has 2 amide bonds. The van der Waals surface area contributed by atoms with E-state index < -0.39 is 55.9 Å². The number of thioether (sulfide) groups is 1. The lowest BCUT2D eigenvalue weighted by molar-refractivity contribution is -0.115. The normalized spacial score (nSPS) is 11.4. The van der Waals surface area contributed by atoms with E-state index >= 15 is 0 Å². The largest absolute Gasteiger partial charge is 0.507 e. The molecule has 0 spiro atoms. The third kappa shape index (κ3) is 7.18. The van der Waals surface area contributed by atoms with Crippen LogP contribution in [0.15, 0.2) is 77.7 Å². The average Bonchev–Trinajstić information content (AvgIpc) is 2.97. The van der Waals surface area contributed by atoms with E-state index in [4.69, 9.17) is 46.4 Å². The average molecular weight is 680 g/mol. The molecule has 0 aliphatic rings. The lowest BCUT2D eigenvalue weighted by atomic mass is 10.1. The van der Waals surface area contributed by atoms with Crippen molar-refractivity contribution in [1.29, 1.82) is 0 Å². The van der Waals surface area contributed by atoms with Crippen LogP contribution < -0.4 is 10.6 Å². The van der Waals surface area contributed by atoms with Gasteiger partial charge in [-0.1, -0.05) is 82.8 Å². The summed E-state index contributed by atoms with van der Waals surface area (Å²) < 4.78 is 0. The Hall–Kier alpha value is -3.93. The van der Waals surface area contributed by atoms with Gasteiger partial charge in [0, 0.05) is 16.3 Å². The Bertz CT molecular complexity index is 1770. The Morgan fingerprint density at radius 2 is 1.30 bits per heavy atom. The number of nitrogens with one attached hydrogen (secondary N) is 2. The number of benzene rings is 4. The van der Waals surface area contributed by atoms with Gasteiger partial charge < -0.3 is 26.0 Å². The second-order valence-corrected chi connectivity index (χ2v) is 11.4. The van der Waals surface area contributed by atoms with E-state index in [2.05, 4.69) is 10.6 Å². The number of aromatic carboxylic acids is 2. The van der Waals surface area contributed by atoms with Crippen molar-refractivity contribution in [2.75, 3.05) is 10.6 Å². The first-order chi connectivity index (χ1) is 20.4. The minimum atomic E-state index is -1.54. The number of halogens is 4. The summed E-state index contributed by atoms with van der Waals surface area (Å²) >= 11 is 25.4.